The number of benzene rings is 1. The number of amides is 1. The summed E-state index contributed by atoms with van der Waals surface area (Å²) in [6.45, 7) is 2.99. The summed E-state index contributed by atoms with van der Waals surface area (Å²) in [5.41, 5.74) is 1.24. The molecule has 0 aliphatic carbocycles. The normalized spacial score (nSPS) is 24.2. The lowest BCUT2D eigenvalue weighted by molar-refractivity contribution is -0.130. The summed E-state index contributed by atoms with van der Waals surface area (Å²) >= 11 is 1.65. The monoisotopic (exact) mass is 368 g/mol. The number of nitrogens with zero attached hydrogens (tertiary/aromatic N) is 2. The van der Waals surface area contributed by atoms with Gasteiger partial charge in [0.2, 0.25) is 5.91 Å². The Morgan fingerprint density at radius 3 is 2.46 bits per heavy atom. The summed E-state index contributed by atoms with van der Waals surface area (Å²) in [6.07, 6.45) is 0.739. The maximum Gasteiger partial charge on any atom is 0.232 e. The lowest BCUT2D eigenvalue weighted by Gasteiger charge is -2.37. The first kappa shape index (κ1) is 17.8. The zero-order valence-corrected chi connectivity index (χ0v) is 15.4. The quantitative estimate of drug-likeness (QED) is 0.783. The Morgan fingerprint density at radius 2 is 1.83 bits per heavy atom. The highest BCUT2D eigenvalue weighted by Gasteiger charge is 2.34. The van der Waals surface area contributed by atoms with Crippen LogP contribution in [-0.4, -0.2) is 73.6 Å². The highest BCUT2D eigenvalue weighted by Crippen LogP contribution is 2.20. The Kier molecular flexibility index (Phi) is 5.84. The first-order valence-corrected chi connectivity index (χ1v) is 11.3. The van der Waals surface area contributed by atoms with E-state index in [4.69, 9.17) is 0 Å². The molecule has 0 saturated carbocycles. The van der Waals surface area contributed by atoms with Crippen molar-refractivity contribution in [1.82, 2.24) is 9.80 Å². The molecule has 1 amide bonds. The predicted octanol–water partition coefficient (Wildman–Crippen LogP) is 1.25. The third kappa shape index (κ3) is 4.74. The number of thioether (sulfide) groups is 1. The molecule has 2 fully saturated rings. The molecule has 24 heavy (non-hydrogen) atoms. The number of carbonyl (C=O) groups excluding carboxylic acids is 1. The number of rotatable bonds is 5. The molecular formula is C17H24N2O3S2. The number of piperazine rings is 1. The number of sulfone groups is 1. The van der Waals surface area contributed by atoms with Crippen molar-refractivity contribution in [3.63, 3.8) is 0 Å². The van der Waals surface area contributed by atoms with Gasteiger partial charge in [0.15, 0.2) is 9.84 Å². The van der Waals surface area contributed by atoms with Gasteiger partial charge < -0.3 is 4.90 Å². The van der Waals surface area contributed by atoms with Crippen molar-refractivity contribution in [2.75, 3.05) is 43.4 Å². The van der Waals surface area contributed by atoms with E-state index < -0.39 is 9.84 Å². The molecule has 1 aromatic rings. The number of carbonyl (C=O) groups is 1. The van der Waals surface area contributed by atoms with Crippen LogP contribution in [-0.2, 0) is 20.4 Å². The van der Waals surface area contributed by atoms with Crippen LogP contribution in [0, 0.1) is 0 Å². The van der Waals surface area contributed by atoms with Crippen LogP contribution in [0.25, 0.3) is 0 Å². The van der Waals surface area contributed by atoms with Crippen molar-refractivity contribution < 1.29 is 13.2 Å². The summed E-state index contributed by atoms with van der Waals surface area (Å²) in [6, 6.07) is 10.3. The average Bonchev–Trinajstić information content (AvgIpc) is 2.96. The van der Waals surface area contributed by atoms with Gasteiger partial charge in [-0.25, -0.2) is 8.42 Å². The van der Waals surface area contributed by atoms with E-state index in [-0.39, 0.29) is 17.7 Å². The maximum absolute atomic E-state index is 12.3. The molecule has 5 nitrogen and oxygen atoms in total. The van der Waals surface area contributed by atoms with Gasteiger partial charge in [-0.3, -0.25) is 9.69 Å². The van der Waals surface area contributed by atoms with Gasteiger partial charge in [-0.2, -0.15) is 0 Å². The molecule has 1 atom stereocenters. The van der Waals surface area contributed by atoms with Crippen molar-refractivity contribution >= 4 is 27.5 Å². The van der Waals surface area contributed by atoms with E-state index in [1.54, 1.807) is 11.8 Å². The highest BCUT2D eigenvalue weighted by atomic mass is 32.2. The van der Waals surface area contributed by atoms with Gasteiger partial charge in [-0.05, 0) is 12.0 Å². The van der Waals surface area contributed by atoms with Crippen LogP contribution in [0.3, 0.4) is 0 Å². The van der Waals surface area contributed by atoms with E-state index in [2.05, 4.69) is 17.0 Å². The van der Waals surface area contributed by atoms with E-state index in [9.17, 15) is 13.2 Å². The van der Waals surface area contributed by atoms with E-state index in [1.165, 1.54) is 5.56 Å². The van der Waals surface area contributed by atoms with Crippen LogP contribution in [0.1, 0.15) is 12.0 Å². The van der Waals surface area contributed by atoms with Crippen molar-refractivity contribution in [2.24, 2.45) is 0 Å². The van der Waals surface area contributed by atoms with Crippen molar-refractivity contribution in [2.45, 2.75) is 18.2 Å². The Bertz CT molecular complexity index is 656. The van der Waals surface area contributed by atoms with Gasteiger partial charge >= 0.3 is 0 Å². The van der Waals surface area contributed by atoms with Crippen LogP contribution in [0.5, 0.6) is 0 Å². The van der Waals surface area contributed by atoms with Crippen LogP contribution < -0.4 is 0 Å². The summed E-state index contributed by atoms with van der Waals surface area (Å²) in [7, 11) is -2.84. The first-order valence-electron chi connectivity index (χ1n) is 8.37. The fourth-order valence-corrected chi connectivity index (χ4v) is 5.97. The standard InChI is InChI=1S/C17H24N2O3S2/c20-17(13-23-12-15-4-2-1-3-5-15)19-9-7-18(8-10-19)16-6-11-24(21,22)14-16/h1-5,16H,6-14H2/t16-/m1/s1. The Balaban J connectivity index is 1.39. The Hall–Kier alpha value is -1.05. The smallest absolute Gasteiger partial charge is 0.232 e. The minimum atomic E-state index is -2.84. The second-order valence-corrected chi connectivity index (χ2v) is 9.67. The van der Waals surface area contributed by atoms with Gasteiger partial charge in [0.1, 0.15) is 0 Å². The summed E-state index contributed by atoms with van der Waals surface area (Å²) < 4.78 is 23.2. The Morgan fingerprint density at radius 1 is 1.12 bits per heavy atom. The zero-order chi connectivity index (χ0) is 17.0. The minimum Gasteiger partial charge on any atom is -0.339 e. The lowest BCUT2D eigenvalue weighted by Crippen LogP contribution is -2.52. The lowest BCUT2D eigenvalue weighted by atomic mass is 10.2. The molecule has 0 bridgehead atoms. The minimum absolute atomic E-state index is 0.153. The predicted molar refractivity (Wildman–Crippen MR) is 97.8 cm³/mol. The van der Waals surface area contributed by atoms with Crippen molar-refractivity contribution in [1.29, 1.82) is 0 Å². The van der Waals surface area contributed by atoms with Gasteiger partial charge in [-0.1, -0.05) is 30.3 Å². The fourth-order valence-electron chi connectivity index (χ4n) is 3.32. The molecule has 132 valence electrons. The van der Waals surface area contributed by atoms with Crippen LogP contribution in [0.2, 0.25) is 0 Å². The molecule has 0 aromatic heterocycles. The zero-order valence-electron chi connectivity index (χ0n) is 13.8. The van der Waals surface area contributed by atoms with Gasteiger partial charge in [-0.15, -0.1) is 11.8 Å². The summed E-state index contributed by atoms with van der Waals surface area (Å²) in [4.78, 5) is 16.5. The van der Waals surface area contributed by atoms with E-state index in [1.807, 2.05) is 23.1 Å². The molecule has 2 aliphatic heterocycles. The highest BCUT2D eigenvalue weighted by molar-refractivity contribution is 7.99. The SMILES string of the molecule is O=C(CSCc1ccccc1)N1CCN([C@@H]2CCS(=O)(=O)C2)CC1. The first-order chi connectivity index (χ1) is 11.5. The molecule has 7 heteroatoms. The molecule has 2 heterocycles. The van der Waals surface area contributed by atoms with Crippen LogP contribution >= 0.6 is 11.8 Å². The molecule has 1 aromatic carbocycles. The summed E-state index contributed by atoms with van der Waals surface area (Å²) in [5, 5.41) is 0. The molecule has 0 unspecified atom stereocenters. The summed E-state index contributed by atoms with van der Waals surface area (Å²) in [5.74, 6) is 2.15. The van der Waals surface area contributed by atoms with Gasteiger partial charge in [0.05, 0.1) is 17.3 Å². The number of hydrogen-bond donors (Lipinski definition) is 0. The van der Waals surface area contributed by atoms with Crippen molar-refractivity contribution in [3.8, 4) is 0 Å². The van der Waals surface area contributed by atoms with E-state index in [0.717, 1.165) is 25.3 Å². The number of hydrogen-bond acceptors (Lipinski definition) is 5. The third-order valence-corrected chi connectivity index (χ3v) is 7.47. The molecule has 3 rings (SSSR count). The molecule has 0 radical (unpaired) electrons. The second kappa shape index (κ2) is 7.89. The second-order valence-electron chi connectivity index (χ2n) is 6.45. The molecule has 2 saturated heterocycles. The maximum atomic E-state index is 12.3. The van der Waals surface area contributed by atoms with Gasteiger partial charge in [0.25, 0.3) is 0 Å². The van der Waals surface area contributed by atoms with E-state index in [0.29, 0.717) is 24.6 Å². The van der Waals surface area contributed by atoms with Crippen molar-refractivity contribution in [3.05, 3.63) is 35.9 Å². The molecule has 0 N–H and O–H groups in total. The average molecular weight is 369 g/mol. The van der Waals surface area contributed by atoms with Crippen LogP contribution in [0.15, 0.2) is 30.3 Å². The molecule has 0 spiro atoms. The van der Waals surface area contributed by atoms with Gasteiger partial charge in [0, 0.05) is 38.0 Å². The fraction of sp³-hybridized carbons (Fsp3) is 0.588. The topological polar surface area (TPSA) is 57.7 Å². The largest absolute Gasteiger partial charge is 0.339 e. The van der Waals surface area contributed by atoms with E-state index >= 15 is 0 Å². The van der Waals surface area contributed by atoms with Crippen LogP contribution in [0.4, 0.5) is 0 Å². The third-order valence-electron chi connectivity index (χ3n) is 4.73. The molecular weight excluding hydrogens is 344 g/mol. The Labute approximate surface area is 148 Å². The molecule has 2 aliphatic rings.